The average molecular weight is 469 g/mol. The van der Waals surface area contributed by atoms with Crippen molar-refractivity contribution in [3.8, 4) is 11.6 Å². The van der Waals surface area contributed by atoms with Crippen LogP contribution < -0.4 is 20.1 Å². The van der Waals surface area contributed by atoms with Crippen LogP contribution in [0.4, 0.5) is 16.2 Å². The second-order valence-electron chi connectivity index (χ2n) is 7.50. The molecule has 3 N–H and O–H groups in total. The minimum absolute atomic E-state index is 0.199. The molecule has 176 valence electrons. The van der Waals surface area contributed by atoms with Gasteiger partial charge >= 0.3 is 6.09 Å². The van der Waals surface area contributed by atoms with Crippen LogP contribution in [-0.4, -0.2) is 22.1 Å². The quantitative estimate of drug-likeness (QED) is 0.295. The number of nitrogens with zero attached hydrogens (tertiary/aromatic N) is 1. The molecule has 2 amide bonds. The minimum atomic E-state index is -1.20. The van der Waals surface area contributed by atoms with Gasteiger partial charge in [0.15, 0.2) is 0 Å². The van der Waals surface area contributed by atoms with Gasteiger partial charge in [-0.15, -0.1) is 0 Å². The molecule has 35 heavy (non-hydrogen) atoms. The van der Waals surface area contributed by atoms with Gasteiger partial charge in [-0.25, -0.2) is 9.78 Å². The van der Waals surface area contributed by atoms with Crippen molar-refractivity contribution in [2.75, 3.05) is 10.6 Å². The van der Waals surface area contributed by atoms with Gasteiger partial charge in [0.05, 0.1) is 5.69 Å². The van der Waals surface area contributed by atoms with Crippen LogP contribution in [0.15, 0.2) is 97.2 Å². The zero-order valence-corrected chi connectivity index (χ0v) is 18.7. The van der Waals surface area contributed by atoms with Crippen molar-refractivity contribution < 1.29 is 24.2 Å². The first-order chi connectivity index (χ1) is 17.1. The monoisotopic (exact) mass is 469 g/mol. The summed E-state index contributed by atoms with van der Waals surface area (Å²) in [7, 11) is 0. The van der Waals surface area contributed by atoms with E-state index in [0.717, 1.165) is 11.1 Å². The second-order valence-corrected chi connectivity index (χ2v) is 7.50. The standard InChI is InChI=1S/C27H23N3O5/c31-25(22-12-7-15-28-26(22)35-18-20-10-5-2-6-11-20)30-23-14-13-21(29-27(32)33)16-24(23)34-17-19-8-3-1-4-9-19/h1-16,29H,17-18H2,(H,30,31)(H,32,33). The molecule has 0 bridgehead atoms. The van der Waals surface area contributed by atoms with Crippen LogP contribution in [0.2, 0.25) is 0 Å². The highest BCUT2D eigenvalue weighted by atomic mass is 16.5. The van der Waals surface area contributed by atoms with Gasteiger partial charge in [-0.05, 0) is 35.4 Å². The Labute approximate surface area is 202 Å². The number of carbonyl (C=O) groups is 2. The van der Waals surface area contributed by atoms with Gasteiger partial charge < -0.3 is 19.9 Å². The van der Waals surface area contributed by atoms with Crippen LogP contribution >= 0.6 is 0 Å². The molecule has 8 nitrogen and oxygen atoms in total. The molecule has 0 aliphatic heterocycles. The highest BCUT2D eigenvalue weighted by Gasteiger charge is 2.17. The topological polar surface area (TPSA) is 110 Å². The number of hydrogen-bond acceptors (Lipinski definition) is 5. The normalized spacial score (nSPS) is 10.3. The fourth-order valence-corrected chi connectivity index (χ4v) is 3.28. The average Bonchev–Trinajstić information content (AvgIpc) is 2.88. The van der Waals surface area contributed by atoms with E-state index >= 15 is 0 Å². The molecule has 4 rings (SSSR count). The van der Waals surface area contributed by atoms with Gasteiger partial charge in [0.25, 0.3) is 5.91 Å². The van der Waals surface area contributed by atoms with Crippen LogP contribution in [0.25, 0.3) is 0 Å². The number of hydrogen-bond donors (Lipinski definition) is 3. The van der Waals surface area contributed by atoms with Crippen molar-refractivity contribution in [2.24, 2.45) is 0 Å². The number of ether oxygens (including phenoxy) is 2. The van der Waals surface area contributed by atoms with Crippen molar-refractivity contribution in [2.45, 2.75) is 13.2 Å². The summed E-state index contributed by atoms with van der Waals surface area (Å²) in [5.74, 6) is 0.0681. The van der Waals surface area contributed by atoms with Crippen molar-refractivity contribution in [1.29, 1.82) is 0 Å². The van der Waals surface area contributed by atoms with Gasteiger partial charge in [0, 0.05) is 18.0 Å². The molecule has 1 aromatic heterocycles. The maximum Gasteiger partial charge on any atom is 0.409 e. The Morgan fingerprint density at radius 1 is 0.771 bits per heavy atom. The third-order valence-electron chi connectivity index (χ3n) is 4.95. The molecule has 0 radical (unpaired) electrons. The SMILES string of the molecule is O=C(O)Nc1ccc(NC(=O)c2cccnc2OCc2ccccc2)c(OCc2ccccc2)c1. The Hall–Kier alpha value is -4.85. The molecule has 0 spiro atoms. The molecule has 0 saturated carbocycles. The summed E-state index contributed by atoms with van der Waals surface area (Å²) in [4.78, 5) is 28.4. The van der Waals surface area contributed by atoms with E-state index in [2.05, 4.69) is 15.6 Å². The molecular formula is C27H23N3O5. The first kappa shape index (κ1) is 23.3. The number of pyridine rings is 1. The number of anilines is 2. The van der Waals surface area contributed by atoms with Gasteiger partial charge in [-0.1, -0.05) is 60.7 Å². The van der Waals surface area contributed by atoms with Crippen LogP contribution in [0, 0.1) is 0 Å². The summed E-state index contributed by atoms with van der Waals surface area (Å²) in [5.41, 5.74) is 2.81. The lowest BCUT2D eigenvalue weighted by Crippen LogP contribution is -2.15. The first-order valence-electron chi connectivity index (χ1n) is 10.8. The van der Waals surface area contributed by atoms with Crippen molar-refractivity contribution in [3.63, 3.8) is 0 Å². The van der Waals surface area contributed by atoms with Crippen LogP contribution in [0.1, 0.15) is 21.5 Å². The molecule has 8 heteroatoms. The minimum Gasteiger partial charge on any atom is -0.487 e. The molecule has 0 saturated heterocycles. The number of carboxylic acid groups (broad SMARTS) is 1. The predicted molar refractivity (Wildman–Crippen MR) is 132 cm³/mol. The molecule has 0 fully saturated rings. The van der Waals surface area contributed by atoms with Gasteiger partial charge in [0.2, 0.25) is 5.88 Å². The van der Waals surface area contributed by atoms with E-state index in [0.29, 0.717) is 17.1 Å². The lowest BCUT2D eigenvalue weighted by Gasteiger charge is -2.15. The van der Waals surface area contributed by atoms with E-state index in [1.54, 1.807) is 24.4 Å². The van der Waals surface area contributed by atoms with Crippen LogP contribution in [-0.2, 0) is 13.2 Å². The number of amides is 2. The Kier molecular flexibility index (Phi) is 7.55. The number of benzene rings is 3. The third-order valence-corrected chi connectivity index (χ3v) is 4.95. The van der Waals surface area contributed by atoms with Crippen LogP contribution in [0.5, 0.6) is 11.6 Å². The summed E-state index contributed by atoms with van der Waals surface area (Å²) < 4.78 is 11.7. The molecule has 4 aromatic rings. The molecule has 0 atom stereocenters. The Morgan fingerprint density at radius 3 is 2.09 bits per heavy atom. The summed E-state index contributed by atoms with van der Waals surface area (Å²) in [6, 6.07) is 27.0. The smallest absolute Gasteiger partial charge is 0.409 e. The maximum absolute atomic E-state index is 13.1. The number of nitrogens with one attached hydrogen (secondary N) is 2. The highest BCUT2D eigenvalue weighted by molar-refractivity contribution is 6.06. The fraction of sp³-hybridized carbons (Fsp3) is 0.0741. The van der Waals surface area contributed by atoms with Crippen molar-refractivity contribution in [1.82, 2.24) is 4.98 Å². The Balaban J connectivity index is 1.53. The van der Waals surface area contributed by atoms with E-state index in [4.69, 9.17) is 14.6 Å². The second kappa shape index (κ2) is 11.3. The van der Waals surface area contributed by atoms with Gasteiger partial charge in [-0.3, -0.25) is 10.1 Å². The first-order valence-corrected chi connectivity index (χ1v) is 10.8. The Bertz CT molecular complexity index is 1300. The summed E-state index contributed by atoms with van der Waals surface area (Å²) in [6.45, 7) is 0.498. The number of rotatable bonds is 9. The van der Waals surface area contributed by atoms with E-state index in [1.165, 1.54) is 12.1 Å². The Morgan fingerprint density at radius 2 is 1.43 bits per heavy atom. The molecule has 0 aliphatic rings. The van der Waals surface area contributed by atoms with Crippen molar-refractivity contribution >= 4 is 23.4 Å². The highest BCUT2D eigenvalue weighted by Crippen LogP contribution is 2.30. The fourth-order valence-electron chi connectivity index (χ4n) is 3.28. The van der Waals surface area contributed by atoms with Crippen LogP contribution in [0.3, 0.4) is 0 Å². The third kappa shape index (κ3) is 6.58. The molecule has 0 unspecified atom stereocenters. The van der Waals surface area contributed by atoms with Gasteiger partial charge in [0.1, 0.15) is 24.5 Å². The summed E-state index contributed by atoms with van der Waals surface area (Å²) >= 11 is 0. The molecule has 3 aromatic carbocycles. The van der Waals surface area contributed by atoms with E-state index in [9.17, 15) is 9.59 Å². The molecular weight excluding hydrogens is 446 g/mol. The lowest BCUT2D eigenvalue weighted by molar-refractivity contribution is 0.102. The summed E-state index contributed by atoms with van der Waals surface area (Å²) in [6.07, 6.45) is 0.351. The van der Waals surface area contributed by atoms with E-state index in [-0.39, 0.29) is 24.7 Å². The number of carbonyl (C=O) groups excluding carboxylic acids is 1. The molecule has 0 aliphatic carbocycles. The predicted octanol–water partition coefficient (Wildman–Crippen LogP) is 5.58. The van der Waals surface area contributed by atoms with Crippen molar-refractivity contribution in [3.05, 3.63) is 114 Å². The van der Waals surface area contributed by atoms with E-state index in [1.807, 2.05) is 60.7 Å². The summed E-state index contributed by atoms with van der Waals surface area (Å²) in [5, 5.41) is 14.2. The maximum atomic E-state index is 13.1. The zero-order valence-electron chi connectivity index (χ0n) is 18.7. The van der Waals surface area contributed by atoms with Gasteiger partial charge in [-0.2, -0.15) is 0 Å². The lowest BCUT2D eigenvalue weighted by atomic mass is 10.2. The largest absolute Gasteiger partial charge is 0.487 e. The molecule has 1 heterocycles. The van der Waals surface area contributed by atoms with E-state index < -0.39 is 12.0 Å². The zero-order chi connectivity index (χ0) is 24.5. The number of aromatic nitrogens is 1.